The van der Waals surface area contributed by atoms with Gasteiger partial charge >= 0.3 is 12.0 Å². The van der Waals surface area contributed by atoms with Gasteiger partial charge in [-0.2, -0.15) is 0 Å². The molecule has 0 fully saturated rings. The molecule has 0 bridgehead atoms. The number of nitrogens with two attached hydrogens (primary N) is 1. The highest BCUT2D eigenvalue weighted by Crippen LogP contribution is 2.01. The number of rotatable bonds is 9. The first kappa shape index (κ1) is 18.2. The lowest BCUT2D eigenvalue weighted by molar-refractivity contribution is -0.138. The van der Waals surface area contributed by atoms with E-state index in [4.69, 9.17) is 10.8 Å². The maximum Gasteiger partial charge on any atom is 0.323 e. The number of hydrogen-bond donors (Lipinski definition) is 2. The van der Waals surface area contributed by atoms with Gasteiger partial charge in [0.15, 0.2) is 0 Å². The number of amides is 3. The molecule has 0 aromatic rings. The quantitative estimate of drug-likeness (QED) is 0.580. The molecule has 0 rings (SSSR count). The van der Waals surface area contributed by atoms with E-state index in [1.165, 1.54) is 4.90 Å². The van der Waals surface area contributed by atoms with Crippen LogP contribution in [0.25, 0.3) is 0 Å². The molecule has 0 heterocycles. The van der Waals surface area contributed by atoms with E-state index in [0.29, 0.717) is 19.6 Å². The van der Waals surface area contributed by atoms with Gasteiger partial charge in [-0.25, -0.2) is 4.79 Å². The fourth-order valence-electron chi connectivity index (χ4n) is 1.64. The molecular weight excluding hydrogens is 264 g/mol. The van der Waals surface area contributed by atoms with Gasteiger partial charge in [0, 0.05) is 19.6 Å². The molecule has 0 aliphatic heterocycles. The van der Waals surface area contributed by atoms with Gasteiger partial charge in [-0.05, 0) is 20.5 Å². The van der Waals surface area contributed by atoms with Crippen molar-refractivity contribution in [3.8, 4) is 0 Å². The predicted octanol–water partition coefficient (Wildman–Crippen LogP) is -0.748. The van der Waals surface area contributed by atoms with E-state index in [2.05, 4.69) is 0 Å². The molecule has 0 aliphatic rings. The summed E-state index contributed by atoms with van der Waals surface area (Å²) >= 11 is 0. The van der Waals surface area contributed by atoms with E-state index < -0.39 is 31.0 Å². The first-order chi connectivity index (χ1) is 9.27. The molecule has 0 aliphatic carbocycles. The van der Waals surface area contributed by atoms with Crippen LogP contribution in [0, 0.1) is 0 Å². The number of aliphatic carboxylic acids is 1. The van der Waals surface area contributed by atoms with Crippen molar-refractivity contribution in [2.75, 3.05) is 46.8 Å². The Morgan fingerprint density at radius 2 is 1.60 bits per heavy atom. The number of urea groups is 1. The average Bonchev–Trinajstić information content (AvgIpc) is 2.31. The lowest BCUT2D eigenvalue weighted by Crippen LogP contribution is -2.50. The van der Waals surface area contributed by atoms with Crippen molar-refractivity contribution >= 4 is 17.9 Å². The Morgan fingerprint density at radius 1 is 1.00 bits per heavy atom. The summed E-state index contributed by atoms with van der Waals surface area (Å²) in [6, 6.07) is -0.477. The second kappa shape index (κ2) is 9.13. The summed E-state index contributed by atoms with van der Waals surface area (Å²) in [5, 5.41) is 8.80. The summed E-state index contributed by atoms with van der Waals surface area (Å²) in [5.41, 5.74) is 5.05. The highest BCUT2D eigenvalue weighted by atomic mass is 16.4. The van der Waals surface area contributed by atoms with Crippen molar-refractivity contribution in [2.45, 2.75) is 13.3 Å². The molecule has 0 saturated heterocycles. The summed E-state index contributed by atoms with van der Waals surface area (Å²) in [7, 11) is 3.76. The molecule has 0 unspecified atom stereocenters. The molecule has 0 saturated carbocycles. The molecule has 0 aromatic carbocycles. The lowest BCUT2D eigenvalue weighted by atomic mass is 10.3. The standard InChI is InChI=1S/C12H24N4O4/c1-4-5-15(7-6-14(2)3)12(20)16(8-10(13)17)9-11(18)19/h4-9H2,1-3H3,(H2,13,17)(H,18,19). The monoisotopic (exact) mass is 288 g/mol. The number of carbonyl (C=O) groups excluding carboxylic acids is 2. The van der Waals surface area contributed by atoms with Crippen LogP contribution in [0.1, 0.15) is 13.3 Å². The van der Waals surface area contributed by atoms with Gasteiger partial charge in [0.1, 0.15) is 13.1 Å². The van der Waals surface area contributed by atoms with E-state index in [0.717, 1.165) is 11.3 Å². The maximum atomic E-state index is 12.3. The van der Waals surface area contributed by atoms with E-state index in [9.17, 15) is 14.4 Å². The van der Waals surface area contributed by atoms with Gasteiger partial charge in [-0.15, -0.1) is 0 Å². The van der Waals surface area contributed by atoms with Crippen LogP contribution in [-0.4, -0.2) is 84.5 Å². The normalized spacial score (nSPS) is 10.4. The summed E-state index contributed by atoms with van der Waals surface area (Å²) in [6.45, 7) is 2.61. The molecule has 0 aromatic heterocycles. The Bertz CT molecular complexity index is 330. The number of carbonyl (C=O) groups is 3. The Kier molecular flexibility index (Phi) is 8.30. The molecule has 0 radical (unpaired) electrons. The highest BCUT2D eigenvalue weighted by Gasteiger charge is 2.23. The number of nitrogens with zero attached hydrogens (tertiary/aromatic N) is 3. The zero-order chi connectivity index (χ0) is 15.7. The van der Waals surface area contributed by atoms with E-state index in [1.54, 1.807) is 0 Å². The van der Waals surface area contributed by atoms with Crippen LogP contribution in [0.4, 0.5) is 4.79 Å². The molecule has 0 spiro atoms. The fourth-order valence-corrected chi connectivity index (χ4v) is 1.64. The smallest absolute Gasteiger partial charge is 0.323 e. The van der Waals surface area contributed by atoms with Gasteiger partial charge in [0.2, 0.25) is 5.91 Å². The summed E-state index contributed by atoms with van der Waals surface area (Å²) < 4.78 is 0. The van der Waals surface area contributed by atoms with Crippen LogP contribution in [0.3, 0.4) is 0 Å². The third kappa shape index (κ3) is 7.57. The molecule has 8 nitrogen and oxygen atoms in total. The number of primary amides is 1. The van der Waals surface area contributed by atoms with Crippen molar-refractivity contribution in [2.24, 2.45) is 5.73 Å². The Balaban J connectivity index is 4.83. The predicted molar refractivity (Wildman–Crippen MR) is 74.2 cm³/mol. The summed E-state index contributed by atoms with van der Waals surface area (Å²) in [4.78, 5) is 38.4. The van der Waals surface area contributed by atoms with Crippen LogP contribution >= 0.6 is 0 Å². The third-order valence-electron chi connectivity index (χ3n) is 2.52. The minimum absolute atomic E-state index is 0.396. The lowest BCUT2D eigenvalue weighted by Gasteiger charge is -2.29. The second-order valence-corrected chi connectivity index (χ2v) is 4.79. The largest absolute Gasteiger partial charge is 0.480 e. The average molecular weight is 288 g/mol. The van der Waals surface area contributed by atoms with E-state index >= 15 is 0 Å². The molecule has 116 valence electrons. The minimum atomic E-state index is -1.18. The number of likely N-dealkylation sites (N-methyl/N-ethyl adjacent to an activating group) is 1. The maximum absolute atomic E-state index is 12.3. The molecule has 20 heavy (non-hydrogen) atoms. The summed E-state index contributed by atoms with van der Waals surface area (Å²) in [5.74, 6) is -1.91. The van der Waals surface area contributed by atoms with Crippen molar-refractivity contribution in [3.63, 3.8) is 0 Å². The van der Waals surface area contributed by atoms with Gasteiger partial charge in [-0.3, -0.25) is 9.59 Å². The van der Waals surface area contributed by atoms with Crippen molar-refractivity contribution in [3.05, 3.63) is 0 Å². The molecule has 3 N–H and O–H groups in total. The van der Waals surface area contributed by atoms with Crippen molar-refractivity contribution < 1.29 is 19.5 Å². The van der Waals surface area contributed by atoms with Gasteiger partial charge in [0.25, 0.3) is 0 Å². The first-order valence-electron chi connectivity index (χ1n) is 6.46. The summed E-state index contributed by atoms with van der Waals surface area (Å²) in [6.07, 6.45) is 0.747. The Morgan fingerprint density at radius 3 is 2.00 bits per heavy atom. The SMILES string of the molecule is CCCN(CCN(C)C)C(=O)N(CC(N)=O)CC(=O)O. The van der Waals surface area contributed by atoms with Crippen LogP contribution in [0.2, 0.25) is 0 Å². The van der Waals surface area contributed by atoms with Crippen LogP contribution < -0.4 is 5.73 Å². The van der Waals surface area contributed by atoms with Crippen LogP contribution in [0.15, 0.2) is 0 Å². The number of carboxylic acids is 1. The zero-order valence-electron chi connectivity index (χ0n) is 12.3. The minimum Gasteiger partial charge on any atom is -0.480 e. The van der Waals surface area contributed by atoms with Gasteiger partial charge < -0.3 is 25.5 Å². The van der Waals surface area contributed by atoms with Crippen molar-refractivity contribution in [1.82, 2.24) is 14.7 Å². The van der Waals surface area contributed by atoms with Crippen molar-refractivity contribution in [1.29, 1.82) is 0 Å². The zero-order valence-corrected chi connectivity index (χ0v) is 12.3. The number of hydrogen-bond acceptors (Lipinski definition) is 4. The van der Waals surface area contributed by atoms with Crippen LogP contribution in [-0.2, 0) is 9.59 Å². The van der Waals surface area contributed by atoms with Crippen LogP contribution in [0.5, 0.6) is 0 Å². The third-order valence-corrected chi connectivity index (χ3v) is 2.52. The van der Waals surface area contributed by atoms with E-state index in [1.807, 2.05) is 25.9 Å². The molecule has 3 amide bonds. The fraction of sp³-hybridized carbons (Fsp3) is 0.750. The number of carboxylic acid groups (broad SMARTS) is 1. The molecule has 0 atom stereocenters. The van der Waals surface area contributed by atoms with Gasteiger partial charge in [-0.1, -0.05) is 6.92 Å². The van der Waals surface area contributed by atoms with E-state index in [-0.39, 0.29) is 0 Å². The molecule has 8 heteroatoms. The highest BCUT2D eigenvalue weighted by molar-refractivity contribution is 5.86. The second-order valence-electron chi connectivity index (χ2n) is 4.79. The van der Waals surface area contributed by atoms with Gasteiger partial charge in [0.05, 0.1) is 0 Å². The first-order valence-corrected chi connectivity index (χ1v) is 6.46. The molecular formula is C12H24N4O4. The topological polar surface area (TPSA) is 107 Å². The Labute approximate surface area is 119 Å². The Hall–Kier alpha value is -1.83.